The van der Waals surface area contributed by atoms with Crippen molar-refractivity contribution in [2.24, 2.45) is 0 Å². The Labute approximate surface area is 171 Å². The van der Waals surface area contributed by atoms with Crippen molar-refractivity contribution >= 4 is 18.1 Å². The summed E-state index contributed by atoms with van der Waals surface area (Å²) in [5.74, 6) is -1.37. The molecule has 1 fully saturated rings. The minimum atomic E-state index is -0.717. The maximum atomic E-state index is 13.8. The first-order chi connectivity index (χ1) is 14.0. The van der Waals surface area contributed by atoms with Crippen LogP contribution in [0.5, 0.6) is 5.75 Å². The third-order valence-corrected chi connectivity index (χ3v) is 5.27. The molecule has 8 heteroatoms. The van der Waals surface area contributed by atoms with E-state index >= 15 is 0 Å². The standard InChI is InChI=1S/C21H19F2N3O2S/c22-15-3-6-19(18(23)13-15)28-17-7-10-25(11-8-17)20(27)14-1-4-16(5-2-14)26-12-9-24-21(26)29/h1-6,9,12-13,17H,7-8,10-11H2,(H,24,29). The number of rotatable bonds is 4. The van der Waals surface area contributed by atoms with Crippen LogP contribution in [-0.2, 0) is 0 Å². The van der Waals surface area contributed by atoms with Gasteiger partial charge in [-0.1, -0.05) is 0 Å². The van der Waals surface area contributed by atoms with E-state index in [1.54, 1.807) is 23.2 Å². The van der Waals surface area contributed by atoms with Crippen LogP contribution in [-0.4, -0.2) is 39.6 Å². The van der Waals surface area contributed by atoms with Crippen LogP contribution < -0.4 is 4.74 Å². The van der Waals surface area contributed by atoms with Crippen LogP contribution in [0.4, 0.5) is 8.78 Å². The van der Waals surface area contributed by atoms with Crippen molar-refractivity contribution in [2.75, 3.05) is 13.1 Å². The second kappa shape index (κ2) is 8.16. The van der Waals surface area contributed by atoms with E-state index in [0.717, 1.165) is 11.8 Å². The number of aromatic amines is 1. The summed E-state index contributed by atoms with van der Waals surface area (Å²) in [4.78, 5) is 17.5. The summed E-state index contributed by atoms with van der Waals surface area (Å²) < 4.78 is 34.8. The number of benzene rings is 2. The maximum absolute atomic E-state index is 13.8. The first-order valence-electron chi connectivity index (χ1n) is 9.29. The van der Waals surface area contributed by atoms with Crippen molar-refractivity contribution in [2.45, 2.75) is 18.9 Å². The van der Waals surface area contributed by atoms with Gasteiger partial charge in [-0.3, -0.25) is 9.36 Å². The largest absolute Gasteiger partial charge is 0.487 e. The predicted octanol–water partition coefficient (Wildman–Crippen LogP) is 4.50. The molecule has 150 valence electrons. The predicted molar refractivity (Wildman–Crippen MR) is 107 cm³/mol. The van der Waals surface area contributed by atoms with Crippen molar-refractivity contribution in [1.82, 2.24) is 14.5 Å². The van der Waals surface area contributed by atoms with Crippen LogP contribution in [0.25, 0.3) is 5.69 Å². The Morgan fingerprint density at radius 2 is 1.83 bits per heavy atom. The number of H-pyrrole nitrogens is 1. The summed E-state index contributed by atoms with van der Waals surface area (Å²) in [6.45, 7) is 1.02. The van der Waals surface area contributed by atoms with Gasteiger partial charge in [0, 0.05) is 55.6 Å². The molecule has 1 aliphatic heterocycles. The Balaban J connectivity index is 1.36. The highest BCUT2D eigenvalue weighted by Gasteiger charge is 2.25. The summed E-state index contributed by atoms with van der Waals surface area (Å²) in [5.41, 5.74) is 1.47. The van der Waals surface area contributed by atoms with Gasteiger partial charge in [-0.15, -0.1) is 0 Å². The molecule has 0 bridgehead atoms. The van der Waals surface area contributed by atoms with Gasteiger partial charge in [0.2, 0.25) is 0 Å². The van der Waals surface area contributed by atoms with E-state index in [4.69, 9.17) is 17.0 Å². The van der Waals surface area contributed by atoms with Crippen molar-refractivity contribution in [1.29, 1.82) is 0 Å². The molecule has 2 aromatic carbocycles. The molecule has 1 N–H and O–H groups in total. The lowest BCUT2D eigenvalue weighted by Gasteiger charge is -2.32. The molecule has 1 aliphatic rings. The van der Waals surface area contributed by atoms with E-state index in [1.165, 1.54) is 12.1 Å². The number of imidazole rings is 1. The Morgan fingerprint density at radius 1 is 1.10 bits per heavy atom. The number of amides is 1. The number of aromatic nitrogens is 2. The van der Waals surface area contributed by atoms with E-state index in [1.807, 2.05) is 22.9 Å². The average Bonchev–Trinajstić information content (AvgIpc) is 3.16. The zero-order valence-electron chi connectivity index (χ0n) is 15.5. The zero-order valence-corrected chi connectivity index (χ0v) is 16.3. The van der Waals surface area contributed by atoms with Crippen LogP contribution in [0, 0.1) is 16.4 Å². The lowest BCUT2D eigenvalue weighted by atomic mass is 10.1. The first-order valence-corrected chi connectivity index (χ1v) is 9.69. The minimum absolute atomic E-state index is 0.0372. The van der Waals surface area contributed by atoms with Gasteiger partial charge in [-0.05, 0) is 48.6 Å². The van der Waals surface area contributed by atoms with Crippen molar-refractivity contribution < 1.29 is 18.3 Å². The van der Waals surface area contributed by atoms with Gasteiger partial charge < -0.3 is 14.6 Å². The van der Waals surface area contributed by atoms with Gasteiger partial charge in [0.1, 0.15) is 11.9 Å². The van der Waals surface area contributed by atoms with Gasteiger partial charge in [-0.25, -0.2) is 8.78 Å². The molecular weight excluding hydrogens is 396 g/mol. The van der Waals surface area contributed by atoms with Crippen molar-refractivity contribution in [3.63, 3.8) is 0 Å². The molecule has 3 aromatic rings. The van der Waals surface area contributed by atoms with E-state index in [2.05, 4.69) is 4.98 Å². The van der Waals surface area contributed by atoms with E-state index in [0.29, 0.717) is 36.3 Å². The number of piperidine rings is 1. The lowest BCUT2D eigenvalue weighted by Crippen LogP contribution is -2.41. The molecule has 4 rings (SSSR count). The first kappa shape index (κ1) is 19.3. The normalized spacial score (nSPS) is 14.8. The third-order valence-electron chi connectivity index (χ3n) is 4.96. The fraction of sp³-hybridized carbons (Fsp3) is 0.238. The fourth-order valence-electron chi connectivity index (χ4n) is 3.40. The topological polar surface area (TPSA) is 50.3 Å². The number of nitrogens with zero attached hydrogens (tertiary/aromatic N) is 2. The van der Waals surface area contributed by atoms with Gasteiger partial charge in [0.05, 0.1) is 0 Å². The van der Waals surface area contributed by atoms with Gasteiger partial charge in [0.15, 0.2) is 16.3 Å². The smallest absolute Gasteiger partial charge is 0.253 e. The molecular formula is C21H19F2N3O2S. The molecule has 0 saturated carbocycles. The monoisotopic (exact) mass is 415 g/mol. The Morgan fingerprint density at radius 3 is 2.45 bits per heavy atom. The number of nitrogens with one attached hydrogen (secondary N) is 1. The van der Waals surface area contributed by atoms with Gasteiger partial charge in [0.25, 0.3) is 5.91 Å². The van der Waals surface area contributed by atoms with Gasteiger partial charge >= 0.3 is 0 Å². The highest BCUT2D eigenvalue weighted by molar-refractivity contribution is 7.71. The van der Waals surface area contributed by atoms with E-state index in [-0.39, 0.29) is 17.8 Å². The van der Waals surface area contributed by atoms with Gasteiger partial charge in [-0.2, -0.15) is 0 Å². The number of carbonyl (C=O) groups excluding carboxylic acids is 1. The highest BCUT2D eigenvalue weighted by Crippen LogP contribution is 2.23. The number of hydrogen-bond donors (Lipinski definition) is 1. The molecule has 1 aromatic heterocycles. The summed E-state index contributed by atoms with van der Waals surface area (Å²) in [7, 11) is 0. The van der Waals surface area contributed by atoms with Crippen LogP contribution >= 0.6 is 12.2 Å². The highest BCUT2D eigenvalue weighted by atomic mass is 32.1. The molecule has 29 heavy (non-hydrogen) atoms. The SMILES string of the molecule is O=C(c1ccc(-n2cc[nH]c2=S)cc1)N1CCC(Oc2ccc(F)cc2F)CC1. The maximum Gasteiger partial charge on any atom is 0.253 e. The number of ether oxygens (including phenoxy) is 1. The van der Waals surface area contributed by atoms with E-state index in [9.17, 15) is 13.6 Å². The summed E-state index contributed by atoms with van der Waals surface area (Å²) in [6, 6.07) is 10.5. The number of halogens is 2. The van der Waals surface area contributed by atoms with Crippen molar-refractivity contribution in [3.05, 3.63) is 76.8 Å². The molecule has 0 unspecified atom stereocenters. The second-order valence-electron chi connectivity index (χ2n) is 6.87. The Kier molecular flexibility index (Phi) is 5.44. The molecule has 1 amide bonds. The van der Waals surface area contributed by atoms with Crippen LogP contribution in [0.1, 0.15) is 23.2 Å². The quantitative estimate of drug-likeness (QED) is 0.639. The minimum Gasteiger partial charge on any atom is -0.487 e. The van der Waals surface area contributed by atoms with E-state index < -0.39 is 11.6 Å². The molecule has 5 nitrogen and oxygen atoms in total. The lowest BCUT2D eigenvalue weighted by molar-refractivity contribution is 0.0588. The molecule has 0 radical (unpaired) electrons. The molecule has 1 saturated heterocycles. The second-order valence-corrected chi connectivity index (χ2v) is 7.25. The summed E-state index contributed by atoms with van der Waals surface area (Å²) in [6.07, 6.45) is 4.54. The van der Waals surface area contributed by atoms with Crippen molar-refractivity contribution in [3.8, 4) is 11.4 Å². The number of hydrogen-bond acceptors (Lipinski definition) is 3. The molecule has 2 heterocycles. The fourth-order valence-corrected chi connectivity index (χ4v) is 3.63. The average molecular weight is 415 g/mol. The number of carbonyl (C=O) groups is 1. The molecule has 0 atom stereocenters. The number of likely N-dealkylation sites (tertiary alicyclic amines) is 1. The summed E-state index contributed by atoms with van der Waals surface area (Å²) >= 11 is 5.20. The third kappa shape index (κ3) is 4.22. The Bertz CT molecular complexity index is 1070. The molecule has 0 spiro atoms. The summed E-state index contributed by atoms with van der Waals surface area (Å²) in [5, 5.41) is 0. The Hall–Kier alpha value is -3.00. The zero-order chi connectivity index (χ0) is 20.4. The molecule has 0 aliphatic carbocycles. The van der Waals surface area contributed by atoms with Crippen LogP contribution in [0.2, 0.25) is 0 Å². The van der Waals surface area contributed by atoms with Crippen LogP contribution in [0.15, 0.2) is 54.9 Å². The van der Waals surface area contributed by atoms with Crippen LogP contribution in [0.3, 0.4) is 0 Å².